The number of carbonyl (C=O) groups excluding carboxylic acids is 1. The number of thiophene rings is 1. The van der Waals surface area contributed by atoms with Crippen molar-refractivity contribution in [2.45, 2.75) is 26.3 Å². The molecule has 4 aromatic rings. The molecule has 0 N–H and O–H groups in total. The maximum atomic E-state index is 13.5. The zero-order chi connectivity index (χ0) is 20.4. The molecule has 0 fully saturated rings. The van der Waals surface area contributed by atoms with Crippen LogP contribution in [0.3, 0.4) is 0 Å². The Kier molecular flexibility index (Phi) is 5.31. The average molecular weight is 408 g/mol. The van der Waals surface area contributed by atoms with Crippen LogP contribution in [0.25, 0.3) is 32.9 Å². The maximum Gasteiger partial charge on any atom is 0.305 e. The van der Waals surface area contributed by atoms with Crippen LogP contribution in [0, 0.1) is 6.92 Å². The average Bonchev–Trinajstić information content (AvgIpc) is 3.38. The molecule has 0 saturated heterocycles. The highest BCUT2D eigenvalue weighted by molar-refractivity contribution is 7.17. The van der Waals surface area contributed by atoms with Crippen molar-refractivity contribution in [1.29, 1.82) is 0 Å². The van der Waals surface area contributed by atoms with E-state index < -0.39 is 0 Å². The number of ether oxygens (including phenoxy) is 1. The molecule has 6 nitrogen and oxygen atoms in total. The van der Waals surface area contributed by atoms with Gasteiger partial charge >= 0.3 is 5.97 Å². The fraction of sp³-hybridized carbons (Fsp3) is 0.227. The highest BCUT2D eigenvalue weighted by Gasteiger charge is 2.19. The quantitative estimate of drug-likeness (QED) is 0.434. The fourth-order valence-electron chi connectivity index (χ4n) is 3.33. The van der Waals surface area contributed by atoms with Crippen molar-refractivity contribution in [1.82, 2.24) is 9.55 Å². The third-order valence-electron chi connectivity index (χ3n) is 4.75. The number of hydrogen-bond donors (Lipinski definition) is 0. The summed E-state index contributed by atoms with van der Waals surface area (Å²) < 4.78 is 11.9. The molecule has 0 aliphatic carbocycles. The Morgan fingerprint density at radius 2 is 2.14 bits per heavy atom. The van der Waals surface area contributed by atoms with E-state index in [1.807, 2.05) is 42.6 Å². The number of hydrogen-bond acceptors (Lipinski definition) is 6. The topological polar surface area (TPSA) is 74.3 Å². The normalized spacial score (nSPS) is 11.1. The summed E-state index contributed by atoms with van der Waals surface area (Å²) in [6, 6.07) is 11.5. The van der Waals surface area contributed by atoms with Gasteiger partial charge in [0.25, 0.3) is 5.56 Å². The molecule has 0 saturated carbocycles. The van der Waals surface area contributed by atoms with Gasteiger partial charge in [-0.05, 0) is 31.5 Å². The summed E-state index contributed by atoms with van der Waals surface area (Å²) in [5, 5.41) is 2.44. The van der Waals surface area contributed by atoms with Gasteiger partial charge in [-0.15, -0.1) is 11.3 Å². The fourth-order valence-corrected chi connectivity index (χ4v) is 4.25. The molecular weight excluding hydrogens is 388 g/mol. The molecule has 1 aromatic carbocycles. The molecule has 3 heterocycles. The minimum atomic E-state index is -0.295. The van der Waals surface area contributed by atoms with E-state index >= 15 is 0 Å². The molecule has 29 heavy (non-hydrogen) atoms. The Balaban J connectivity index is 1.88. The first-order valence-electron chi connectivity index (χ1n) is 9.28. The van der Waals surface area contributed by atoms with Gasteiger partial charge in [-0.25, -0.2) is 4.98 Å². The summed E-state index contributed by atoms with van der Waals surface area (Å²) in [6.07, 6.45) is 2.31. The number of esters is 1. The molecule has 0 spiro atoms. The first-order valence-corrected chi connectivity index (χ1v) is 10.2. The second kappa shape index (κ2) is 8.05. The van der Waals surface area contributed by atoms with Gasteiger partial charge in [-0.2, -0.15) is 0 Å². The number of furan rings is 1. The van der Waals surface area contributed by atoms with Gasteiger partial charge < -0.3 is 9.15 Å². The number of carbonyl (C=O) groups is 1. The standard InChI is InChI=1S/C22H20N2O4S/c1-14-6-3-7-15(12-14)20-23-21-19(16(13-29-21)17-8-5-11-28-17)22(26)24(20)10-4-9-18(25)27-2/h3,5-8,11-13H,4,9-10H2,1-2H3. The third-order valence-corrected chi connectivity index (χ3v) is 5.62. The number of nitrogens with zero attached hydrogens (tertiary/aromatic N) is 2. The summed E-state index contributed by atoms with van der Waals surface area (Å²) in [6.45, 7) is 2.37. The Bertz CT molecular complexity index is 1220. The Hall–Kier alpha value is -3.19. The van der Waals surface area contributed by atoms with E-state index in [0.29, 0.717) is 34.8 Å². The first kappa shape index (κ1) is 19.1. The largest absolute Gasteiger partial charge is 0.469 e. The highest BCUT2D eigenvalue weighted by atomic mass is 32.1. The monoisotopic (exact) mass is 408 g/mol. The molecular formula is C22H20N2O4S. The van der Waals surface area contributed by atoms with Gasteiger partial charge in [0, 0.05) is 29.5 Å². The van der Waals surface area contributed by atoms with Crippen LogP contribution < -0.4 is 5.56 Å². The van der Waals surface area contributed by atoms with Gasteiger partial charge in [0.15, 0.2) is 0 Å². The molecule has 0 aliphatic rings. The zero-order valence-electron chi connectivity index (χ0n) is 16.2. The zero-order valence-corrected chi connectivity index (χ0v) is 17.0. The smallest absolute Gasteiger partial charge is 0.305 e. The van der Waals surface area contributed by atoms with E-state index in [1.54, 1.807) is 16.9 Å². The van der Waals surface area contributed by atoms with E-state index in [-0.39, 0.29) is 17.9 Å². The van der Waals surface area contributed by atoms with Crippen molar-refractivity contribution in [3.8, 4) is 22.7 Å². The lowest BCUT2D eigenvalue weighted by molar-refractivity contribution is -0.140. The minimum Gasteiger partial charge on any atom is -0.469 e. The summed E-state index contributed by atoms with van der Waals surface area (Å²) in [5.74, 6) is 0.944. The van der Waals surface area contributed by atoms with Crippen LogP contribution in [0.2, 0.25) is 0 Å². The Morgan fingerprint density at radius 1 is 1.28 bits per heavy atom. The molecule has 0 aliphatic heterocycles. The van der Waals surface area contributed by atoms with Crippen molar-refractivity contribution >= 4 is 27.5 Å². The van der Waals surface area contributed by atoms with E-state index in [9.17, 15) is 9.59 Å². The van der Waals surface area contributed by atoms with Crippen LogP contribution in [0.5, 0.6) is 0 Å². The van der Waals surface area contributed by atoms with Crippen molar-refractivity contribution in [3.05, 3.63) is 64.0 Å². The number of fused-ring (bicyclic) bond motifs is 1. The molecule has 0 atom stereocenters. The molecule has 0 bridgehead atoms. The number of aromatic nitrogens is 2. The van der Waals surface area contributed by atoms with Crippen LogP contribution in [-0.4, -0.2) is 22.6 Å². The second-order valence-corrected chi connectivity index (χ2v) is 7.61. The summed E-state index contributed by atoms with van der Waals surface area (Å²) >= 11 is 1.42. The molecule has 0 unspecified atom stereocenters. The number of methoxy groups -OCH3 is 1. The van der Waals surface area contributed by atoms with Crippen LogP contribution in [0.4, 0.5) is 0 Å². The first-order chi connectivity index (χ1) is 14.1. The lowest BCUT2D eigenvalue weighted by Gasteiger charge is -2.13. The van der Waals surface area contributed by atoms with Crippen molar-refractivity contribution in [3.63, 3.8) is 0 Å². The maximum absolute atomic E-state index is 13.5. The minimum absolute atomic E-state index is 0.135. The van der Waals surface area contributed by atoms with Gasteiger partial charge in [-0.3, -0.25) is 14.2 Å². The SMILES string of the molecule is COC(=O)CCCn1c(-c2cccc(C)c2)nc2scc(-c3ccco3)c2c1=O. The predicted molar refractivity (Wildman–Crippen MR) is 113 cm³/mol. The van der Waals surface area contributed by atoms with Gasteiger partial charge in [-0.1, -0.05) is 23.8 Å². The van der Waals surface area contributed by atoms with E-state index in [2.05, 4.69) is 0 Å². The van der Waals surface area contributed by atoms with Crippen LogP contribution >= 0.6 is 11.3 Å². The molecule has 0 radical (unpaired) electrons. The number of aryl methyl sites for hydroxylation is 1. The second-order valence-electron chi connectivity index (χ2n) is 6.75. The van der Waals surface area contributed by atoms with Crippen LogP contribution in [-0.2, 0) is 16.1 Å². The molecule has 148 valence electrons. The van der Waals surface area contributed by atoms with E-state index in [0.717, 1.165) is 16.7 Å². The lowest BCUT2D eigenvalue weighted by Crippen LogP contribution is -2.24. The van der Waals surface area contributed by atoms with Gasteiger partial charge in [0.05, 0.1) is 18.8 Å². The molecule has 0 amide bonds. The summed E-state index contributed by atoms with van der Waals surface area (Å²) in [5.41, 5.74) is 2.56. The van der Waals surface area contributed by atoms with E-state index in [4.69, 9.17) is 14.1 Å². The van der Waals surface area contributed by atoms with Gasteiger partial charge in [0.2, 0.25) is 0 Å². The number of rotatable bonds is 6. The lowest BCUT2D eigenvalue weighted by atomic mass is 10.1. The summed E-state index contributed by atoms with van der Waals surface area (Å²) in [7, 11) is 1.36. The Morgan fingerprint density at radius 3 is 2.86 bits per heavy atom. The Labute approximate surface area is 171 Å². The van der Waals surface area contributed by atoms with Crippen LogP contribution in [0.15, 0.2) is 57.3 Å². The van der Waals surface area contributed by atoms with Crippen molar-refractivity contribution in [2.75, 3.05) is 7.11 Å². The van der Waals surface area contributed by atoms with Crippen LogP contribution in [0.1, 0.15) is 18.4 Å². The van der Waals surface area contributed by atoms with Gasteiger partial charge in [0.1, 0.15) is 16.4 Å². The molecule has 4 rings (SSSR count). The van der Waals surface area contributed by atoms with Crippen molar-refractivity contribution < 1.29 is 13.9 Å². The molecule has 7 heteroatoms. The highest BCUT2D eigenvalue weighted by Crippen LogP contribution is 2.32. The molecule has 3 aromatic heterocycles. The number of benzene rings is 1. The predicted octanol–water partition coefficient (Wildman–Crippen LogP) is 4.65. The van der Waals surface area contributed by atoms with Crippen molar-refractivity contribution in [2.24, 2.45) is 0 Å². The summed E-state index contributed by atoms with van der Waals surface area (Å²) in [4.78, 5) is 30.5. The third kappa shape index (κ3) is 3.73. The van der Waals surface area contributed by atoms with E-state index in [1.165, 1.54) is 18.4 Å².